The largest absolute Gasteiger partial charge is 0.468 e. The van der Waals surface area contributed by atoms with E-state index in [1.165, 1.54) is 30.2 Å². The summed E-state index contributed by atoms with van der Waals surface area (Å²) in [5, 5.41) is 2.76. The van der Waals surface area contributed by atoms with Crippen molar-refractivity contribution in [3.63, 3.8) is 0 Å². The lowest BCUT2D eigenvalue weighted by molar-refractivity contribution is -0.148. The monoisotopic (exact) mass is 399 g/mol. The van der Waals surface area contributed by atoms with Crippen molar-refractivity contribution in [1.82, 2.24) is 5.32 Å². The lowest BCUT2D eigenvalue weighted by Crippen LogP contribution is -2.55. The molecule has 0 aromatic carbocycles. The number of carbonyl (C=O) groups excluding carboxylic acids is 3. The Hall–Kier alpha value is -1.54. The van der Waals surface area contributed by atoms with Gasteiger partial charge in [-0.05, 0) is 37.8 Å². The third-order valence-corrected chi connectivity index (χ3v) is 7.01. The summed E-state index contributed by atoms with van der Waals surface area (Å²) >= 11 is 2.70. The predicted molar refractivity (Wildman–Crippen MR) is 103 cm³/mol. The maximum Gasteiger partial charge on any atom is 0.348 e. The van der Waals surface area contributed by atoms with Crippen molar-refractivity contribution in [2.24, 2.45) is 0 Å². The molecule has 1 atom stereocenters. The Bertz CT molecular complexity index is 663. The fourth-order valence-corrected chi connectivity index (χ4v) is 5.01. The van der Waals surface area contributed by atoms with Crippen molar-refractivity contribution in [2.45, 2.75) is 44.3 Å². The Balaban J connectivity index is 2.09. The highest BCUT2D eigenvalue weighted by atomic mass is 32.2. The molecule has 1 aliphatic heterocycles. The molecule has 0 bridgehead atoms. The highest BCUT2D eigenvalue weighted by Crippen LogP contribution is 2.36. The molecule has 0 spiro atoms. The van der Waals surface area contributed by atoms with Gasteiger partial charge in [0.05, 0.1) is 13.7 Å². The first-order valence-electron chi connectivity index (χ1n) is 8.71. The Kier molecular flexibility index (Phi) is 7.52. The van der Waals surface area contributed by atoms with Gasteiger partial charge in [-0.15, -0.1) is 23.1 Å². The molecule has 0 aliphatic carbocycles. The average Bonchev–Trinajstić information content (AvgIpc) is 3.01. The number of unbranched alkanes of at least 4 members (excludes halogenated alkanes) is 1. The molecule has 1 aromatic rings. The summed E-state index contributed by atoms with van der Waals surface area (Å²) in [7, 11) is 1.30. The van der Waals surface area contributed by atoms with Crippen molar-refractivity contribution < 1.29 is 23.9 Å². The van der Waals surface area contributed by atoms with Gasteiger partial charge in [0.15, 0.2) is 4.75 Å². The first-order chi connectivity index (χ1) is 12.4. The third-order valence-electron chi connectivity index (χ3n) is 4.27. The normalized spacial score (nSPS) is 19.7. The number of esters is 2. The predicted octanol–water partition coefficient (Wildman–Crippen LogP) is 2.72. The second-order valence-electron chi connectivity index (χ2n) is 6.13. The van der Waals surface area contributed by atoms with E-state index < -0.39 is 10.7 Å². The van der Waals surface area contributed by atoms with Gasteiger partial charge in [-0.3, -0.25) is 4.79 Å². The molecule has 1 unspecified atom stereocenters. The van der Waals surface area contributed by atoms with Crippen LogP contribution in [0.2, 0.25) is 0 Å². The van der Waals surface area contributed by atoms with E-state index in [0.29, 0.717) is 36.6 Å². The van der Waals surface area contributed by atoms with E-state index in [1.807, 2.05) is 19.9 Å². The first-order valence-corrected chi connectivity index (χ1v) is 10.5. The van der Waals surface area contributed by atoms with E-state index in [4.69, 9.17) is 9.47 Å². The molecule has 1 N–H and O–H groups in total. The van der Waals surface area contributed by atoms with Gasteiger partial charge in [0.25, 0.3) is 0 Å². The zero-order valence-corrected chi connectivity index (χ0v) is 17.0. The molecule has 2 rings (SSSR count). The Morgan fingerprint density at radius 2 is 2.15 bits per heavy atom. The molecule has 8 heteroatoms. The number of thioether (sulfide) groups is 1. The number of thiophene rings is 1. The summed E-state index contributed by atoms with van der Waals surface area (Å²) in [6.07, 6.45) is 2.67. The second-order valence-corrected chi connectivity index (χ2v) is 8.66. The summed E-state index contributed by atoms with van der Waals surface area (Å²) in [6, 6.07) is 1.81. The number of aryl methyl sites for hydroxylation is 2. The van der Waals surface area contributed by atoms with E-state index in [9.17, 15) is 14.4 Å². The maximum absolute atomic E-state index is 12.4. The molecule has 144 valence electrons. The lowest BCUT2D eigenvalue weighted by atomic mass is 9.99. The number of hydrogen-bond acceptors (Lipinski definition) is 7. The van der Waals surface area contributed by atoms with Crippen LogP contribution in [0.15, 0.2) is 6.07 Å². The molecule has 2 heterocycles. The number of rotatable bonds is 8. The highest BCUT2D eigenvalue weighted by molar-refractivity contribution is 8.02. The maximum atomic E-state index is 12.4. The number of amides is 1. The van der Waals surface area contributed by atoms with E-state index in [-0.39, 0.29) is 11.9 Å². The zero-order chi connectivity index (χ0) is 19.2. The van der Waals surface area contributed by atoms with Gasteiger partial charge >= 0.3 is 11.9 Å². The van der Waals surface area contributed by atoms with Crippen LogP contribution in [0.3, 0.4) is 0 Å². The average molecular weight is 400 g/mol. The SMILES string of the molecule is CCCCOC(=O)c1cc(C)c(CCC2(C(=O)OC)SCCNC2=O)s1. The Morgan fingerprint density at radius 3 is 2.81 bits per heavy atom. The van der Waals surface area contributed by atoms with Crippen molar-refractivity contribution in [2.75, 3.05) is 26.0 Å². The number of nitrogens with one attached hydrogen (secondary N) is 1. The second kappa shape index (κ2) is 9.41. The lowest BCUT2D eigenvalue weighted by Gasteiger charge is -2.32. The Morgan fingerprint density at radius 1 is 1.38 bits per heavy atom. The fourth-order valence-electron chi connectivity index (χ4n) is 2.74. The highest BCUT2D eigenvalue weighted by Gasteiger charge is 2.49. The van der Waals surface area contributed by atoms with Crippen LogP contribution in [0.5, 0.6) is 0 Å². The number of methoxy groups -OCH3 is 1. The molecule has 0 saturated carbocycles. The first kappa shape index (κ1) is 20.8. The summed E-state index contributed by atoms with van der Waals surface area (Å²) in [5.74, 6) is -0.466. The van der Waals surface area contributed by atoms with E-state index in [1.54, 1.807) is 0 Å². The minimum atomic E-state index is -1.22. The molecular formula is C18H25NO5S2. The number of hydrogen-bond donors (Lipinski definition) is 1. The summed E-state index contributed by atoms with van der Waals surface area (Å²) in [4.78, 5) is 38.3. The van der Waals surface area contributed by atoms with Gasteiger partial charge in [-0.2, -0.15) is 0 Å². The van der Waals surface area contributed by atoms with Crippen LogP contribution in [-0.2, 0) is 25.5 Å². The molecule has 1 saturated heterocycles. The molecule has 1 aromatic heterocycles. The van der Waals surface area contributed by atoms with Crippen molar-refractivity contribution in [1.29, 1.82) is 0 Å². The van der Waals surface area contributed by atoms with Gasteiger partial charge in [-0.25, -0.2) is 9.59 Å². The van der Waals surface area contributed by atoms with E-state index >= 15 is 0 Å². The minimum absolute atomic E-state index is 0.297. The standard InChI is InChI=1S/C18H25NO5S2/c1-4-5-9-24-15(20)14-11-12(2)13(26-14)6-7-18(17(22)23-3)16(21)19-8-10-25-18/h11H,4-10H2,1-3H3,(H,19,21). The fraction of sp³-hybridized carbons (Fsp3) is 0.611. The molecular weight excluding hydrogens is 374 g/mol. The zero-order valence-electron chi connectivity index (χ0n) is 15.4. The molecule has 1 aliphatic rings. The smallest absolute Gasteiger partial charge is 0.348 e. The summed E-state index contributed by atoms with van der Waals surface area (Å²) < 4.78 is 8.93. The van der Waals surface area contributed by atoms with Crippen LogP contribution >= 0.6 is 23.1 Å². The quantitative estimate of drug-likeness (QED) is 0.411. The van der Waals surface area contributed by atoms with Crippen LogP contribution in [0, 0.1) is 6.92 Å². The van der Waals surface area contributed by atoms with E-state index in [2.05, 4.69) is 5.32 Å². The molecule has 0 radical (unpaired) electrons. The van der Waals surface area contributed by atoms with Gasteiger partial charge in [0.2, 0.25) is 5.91 Å². The topological polar surface area (TPSA) is 81.7 Å². The molecule has 1 fully saturated rings. The van der Waals surface area contributed by atoms with Crippen molar-refractivity contribution >= 4 is 40.9 Å². The minimum Gasteiger partial charge on any atom is -0.468 e. The van der Waals surface area contributed by atoms with Crippen LogP contribution in [0.1, 0.15) is 46.3 Å². The van der Waals surface area contributed by atoms with Gasteiger partial charge in [0, 0.05) is 17.2 Å². The van der Waals surface area contributed by atoms with Gasteiger partial charge in [-0.1, -0.05) is 13.3 Å². The summed E-state index contributed by atoms with van der Waals surface area (Å²) in [5.41, 5.74) is 0.971. The number of carbonyl (C=O) groups is 3. The molecule has 26 heavy (non-hydrogen) atoms. The summed E-state index contributed by atoms with van der Waals surface area (Å²) in [6.45, 7) is 4.93. The van der Waals surface area contributed by atoms with Crippen LogP contribution in [0.4, 0.5) is 0 Å². The molecule has 6 nitrogen and oxygen atoms in total. The van der Waals surface area contributed by atoms with Crippen LogP contribution < -0.4 is 5.32 Å². The number of ether oxygens (including phenoxy) is 2. The van der Waals surface area contributed by atoms with Gasteiger partial charge < -0.3 is 14.8 Å². The van der Waals surface area contributed by atoms with Crippen LogP contribution in [0.25, 0.3) is 0 Å². The van der Waals surface area contributed by atoms with E-state index in [0.717, 1.165) is 23.3 Å². The van der Waals surface area contributed by atoms with Crippen molar-refractivity contribution in [3.8, 4) is 0 Å². The Labute approximate surface area is 162 Å². The van der Waals surface area contributed by atoms with Crippen LogP contribution in [-0.4, -0.2) is 48.6 Å². The third kappa shape index (κ3) is 4.59. The van der Waals surface area contributed by atoms with Gasteiger partial charge in [0.1, 0.15) is 4.88 Å². The van der Waals surface area contributed by atoms with Crippen molar-refractivity contribution in [3.05, 3.63) is 21.4 Å². The molecule has 1 amide bonds.